The lowest BCUT2D eigenvalue weighted by molar-refractivity contribution is 0.238. The highest BCUT2D eigenvalue weighted by molar-refractivity contribution is 9.10. The first kappa shape index (κ1) is 20.2. The van der Waals surface area contributed by atoms with Crippen LogP contribution >= 0.6 is 31.9 Å². The molecule has 0 bridgehead atoms. The molecular formula is C22H16Br2N4. The van der Waals surface area contributed by atoms with E-state index in [1.54, 1.807) is 0 Å². The second-order valence-electron chi connectivity index (χ2n) is 7.14. The van der Waals surface area contributed by atoms with Gasteiger partial charge in [0.15, 0.2) is 5.41 Å². The lowest BCUT2D eigenvalue weighted by atomic mass is 9.51. The third-order valence-corrected chi connectivity index (χ3v) is 7.27. The number of nitriles is 3. The highest BCUT2D eigenvalue weighted by atomic mass is 79.9. The number of nitrogens with zero attached hydrogens (tertiary/aromatic N) is 3. The molecular weight excluding hydrogens is 480 g/mol. The van der Waals surface area contributed by atoms with Gasteiger partial charge in [-0.1, -0.05) is 63.0 Å². The second kappa shape index (κ2) is 6.78. The first-order valence-corrected chi connectivity index (χ1v) is 10.1. The molecule has 6 heteroatoms. The number of benzene rings is 2. The average Bonchev–Trinajstić information content (AvgIpc) is 2.84. The monoisotopic (exact) mass is 494 g/mol. The average molecular weight is 496 g/mol. The fourth-order valence-electron chi connectivity index (χ4n) is 4.40. The van der Waals surface area contributed by atoms with Crippen LogP contribution in [-0.4, -0.2) is 0 Å². The van der Waals surface area contributed by atoms with Crippen LogP contribution in [0.1, 0.15) is 25.0 Å². The summed E-state index contributed by atoms with van der Waals surface area (Å²) in [5.74, 6) is 0. The molecule has 0 saturated heterocycles. The maximum atomic E-state index is 10.2. The molecule has 0 heterocycles. The molecule has 0 spiro atoms. The van der Waals surface area contributed by atoms with Crippen molar-refractivity contribution in [2.45, 2.75) is 24.7 Å². The summed E-state index contributed by atoms with van der Waals surface area (Å²) in [6, 6.07) is 21.6. The Morgan fingerprint density at radius 2 is 1.21 bits per heavy atom. The Labute approximate surface area is 181 Å². The molecule has 2 aromatic rings. The van der Waals surface area contributed by atoms with E-state index in [2.05, 4.69) is 50.1 Å². The Bertz CT molecular complexity index is 1080. The van der Waals surface area contributed by atoms with Crippen LogP contribution in [0.15, 0.2) is 68.7 Å². The van der Waals surface area contributed by atoms with Crippen molar-refractivity contribution in [2.24, 2.45) is 11.1 Å². The Hall–Kier alpha value is -2.59. The van der Waals surface area contributed by atoms with E-state index in [0.29, 0.717) is 0 Å². The smallest absolute Gasteiger partial charge is 0.194 e. The maximum absolute atomic E-state index is 10.2. The summed E-state index contributed by atoms with van der Waals surface area (Å²) < 4.78 is 1.77. The van der Waals surface area contributed by atoms with Gasteiger partial charge in [-0.2, -0.15) is 15.8 Å². The van der Waals surface area contributed by atoms with Crippen molar-refractivity contribution in [3.8, 4) is 18.2 Å². The number of halogens is 2. The van der Waals surface area contributed by atoms with E-state index in [1.165, 1.54) is 0 Å². The predicted octanol–water partition coefficient (Wildman–Crippen LogP) is 5.21. The van der Waals surface area contributed by atoms with Crippen LogP contribution in [-0.2, 0) is 10.8 Å². The van der Waals surface area contributed by atoms with Crippen molar-refractivity contribution >= 4 is 31.9 Å². The minimum absolute atomic E-state index is 0.0239. The summed E-state index contributed by atoms with van der Waals surface area (Å²) in [5.41, 5.74) is 4.46. The van der Waals surface area contributed by atoms with Gasteiger partial charge in [-0.15, -0.1) is 0 Å². The maximum Gasteiger partial charge on any atom is 0.194 e. The van der Waals surface area contributed by atoms with E-state index >= 15 is 0 Å². The van der Waals surface area contributed by atoms with E-state index < -0.39 is 16.2 Å². The zero-order valence-electron chi connectivity index (χ0n) is 15.3. The lowest BCUT2D eigenvalue weighted by Gasteiger charge is -2.47. The topological polar surface area (TPSA) is 97.4 Å². The van der Waals surface area contributed by atoms with E-state index in [1.807, 2.05) is 62.4 Å². The number of hydrogen-bond donors (Lipinski definition) is 1. The molecule has 0 unspecified atom stereocenters. The zero-order chi connectivity index (χ0) is 20.7. The minimum atomic E-state index is -1.69. The molecule has 138 valence electrons. The van der Waals surface area contributed by atoms with Crippen molar-refractivity contribution in [1.29, 1.82) is 15.8 Å². The third-order valence-electron chi connectivity index (χ3n) is 6.21. The molecule has 0 saturated carbocycles. The highest BCUT2D eigenvalue weighted by Gasteiger charge is 2.69. The summed E-state index contributed by atoms with van der Waals surface area (Å²) in [6.07, 6.45) is 0. The van der Waals surface area contributed by atoms with Crippen LogP contribution in [0.2, 0.25) is 0 Å². The van der Waals surface area contributed by atoms with E-state index in [4.69, 9.17) is 5.73 Å². The summed E-state index contributed by atoms with van der Waals surface area (Å²) in [4.78, 5) is 0. The van der Waals surface area contributed by atoms with E-state index in [9.17, 15) is 15.8 Å². The van der Waals surface area contributed by atoms with Crippen molar-refractivity contribution in [3.63, 3.8) is 0 Å². The molecule has 28 heavy (non-hydrogen) atoms. The molecule has 0 fully saturated rings. The quantitative estimate of drug-likeness (QED) is 0.618. The van der Waals surface area contributed by atoms with Crippen LogP contribution in [0, 0.1) is 39.4 Å². The Kier molecular flexibility index (Phi) is 4.88. The van der Waals surface area contributed by atoms with Crippen molar-refractivity contribution in [1.82, 2.24) is 0 Å². The number of nitrogens with two attached hydrogens (primary N) is 1. The molecule has 0 aromatic heterocycles. The van der Waals surface area contributed by atoms with Gasteiger partial charge in [0.1, 0.15) is 0 Å². The molecule has 2 aromatic carbocycles. The largest absolute Gasteiger partial charge is 0.399 e. The zero-order valence-corrected chi connectivity index (χ0v) is 18.5. The molecule has 0 radical (unpaired) electrons. The fourth-order valence-corrected chi connectivity index (χ4v) is 4.93. The standard InChI is InChI=1S/C22H16Br2N4/c1-20(14-3-7-16(23)8-4-14)18(11-25)19(28)22(12-26,13-27)21(20,2)15-5-9-17(24)10-6-15/h3-10H,28H2,1-2H3/t20-,21-/m0/s1. The predicted molar refractivity (Wildman–Crippen MR) is 113 cm³/mol. The second-order valence-corrected chi connectivity index (χ2v) is 8.97. The van der Waals surface area contributed by atoms with Crippen molar-refractivity contribution in [3.05, 3.63) is 79.9 Å². The van der Waals surface area contributed by atoms with Gasteiger partial charge in [-0.25, -0.2) is 0 Å². The molecule has 4 nitrogen and oxygen atoms in total. The SMILES string of the molecule is C[C@]1(c2ccc(Br)cc2)C(C#N)=C(N)C(C#N)(C#N)[C@@]1(C)c1ccc(Br)cc1. The van der Waals surface area contributed by atoms with Gasteiger partial charge in [0.05, 0.1) is 29.5 Å². The van der Waals surface area contributed by atoms with Crippen LogP contribution in [0.4, 0.5) is 0 Å². The van der Waals surface area contributed by atoms with Crippen LogP contribution in [0.25, 0.3) is 0 Å². The van der Waals surface area contributed by atoms with Gasteiger partial charge in [0.2, 0.25) is 0 Å². The molecule has 1 aliphatic carbocycles. The van der Waals surface area contributed by atoms with Gasteiger partial charge in [-0.3, -0.25) is 0 Å². The molecule has 0 aliphatic heterocycles. The van der Waals surface area contributed by atoms with Crippen LogP contribution in [0.3, 0.4) is 0 Å². The van der Waals surface area contributed by atoms with Gasteiger partial charge in [-0.05, 0) is 42.3 Å². The fraction of sp³-hybridized carbons (Fsp3) is 0.227. The molecule has 2 N–H and O–H groups in total. The van der Waals surface area contributed by atoms with Gasteiger partial charge >= 0.3 is 0 Å². The molecule has 0 amide bonds. The van der Waals surface area contributed by atoms with Crippen LogP contribution < -0.4 is 5.73 Å². The number of hydrogen-bond acceptors (Lipinski definition) is 4. The van der Waals surface area contributed by atoms with E-state index in [-0.39, 0.29) is 11.3 Å². The highest BCUT2D eigenvalue weighted by Crippen LogP contribution is 2.65. The molecule has 3 rings (SSSR count). The first-order valence-electron chi connectivity index (χ1n) is 8.48. The minimum Gasteiger partial charge on any atom is -0.399 e. The normalized spacial score (nSPS) is 25.6. The van der Waals surface area contributed by atoms with Crippen molar-refractivity contribution < 1.29 is 0 Å². The lowest BCUT2D eigenvalue weighted by Crippen LogP contribution is -2.52. The summed E-state index contributed by atoms with van der Waals surface area (Å²) in [6.45, 7) is 3.74. The Morgan fingerprint density at radius 1 is 0.786 bits per heavy atom. The summed E-state index contributed by atoms with van der Waals surface area (Å²) in [7, 11) is 0. The number of allylic oxidation sites excluding steroid dienone is 2. The molecule has 2 atom stereocenters. The van der Waals surface area contributed by atoms with Gasteiger partial charge in [0.25, 0.3) is 0 Å². The molecule has 1 aliphatic rings. The summed E-state index contributed by atoms with van der Waals surface area (Å²) >= 11 is 6.87. The van der Waals surface area contributed by atoms with Crippen molar-refractivity contribution in [2.75, 3.05) is 0 Å². The first-order chi connectivity index (χ1) is 13.2. The summed E-state index contributed by atoms with van der Waals surface area (Å²) in [5, 5.41) is 30.3. The third kappa shape index (κ3) is 2.31. The number of rotatable bonds is 2. The van der Waals surface area contributed by atoms with E-state index in [0.717, 1.165) is 20.1 Å². The Morgan fingerprint density at radius 3 is 1.61 bits per heavy atom. The van der Waals surface area contributed by atoms with Gasteiger partial charge in [0, 0.05) is 19.8 Å². The van der Waals surface area contributed by atoms with Crippen LogP contribution in [0.5, 0.6) is 0 Å². The Balaban J connectivity index is 2.49. The van der Waals surface area contributed by atoms with Gasteiger partial charge < -0.3 is 5.73 Å².